The highest BCUT2D eigenvalue weighted by Gasteiger charge is 2.44. The first-order chi connectivity index (χ1) is 17.7. The average molecular weight is 534 g/mol. The van der Waals surface area contributed by atoms with E-state index >= 15 is 0 Å². The van der Waals surface area contributed by atoms with Crippen LogP contribution in [0.1, 0.15) is 40.5 Å². The topological polar surface area (TPSA) is 21.7 Å². The number of nitrogens with zero attached hydrogens (tertiary/aromatic N) is 1. The predicted molar refractivity (Wildman–Crippen MR) is 164 cm³/mol. The van der Waals surface area contributed by atoms with E-state index in [2.05, 4.69) is 125 Å². The van der Waals surface area contributed by atoms with Crippen molar-refractivity contribution in [2.24, 2.45) is 5.92 Å². The summed E-state index contributed by atoms with van der Waals surface area (Å²) < 4.78 is 12.9. The van der Waals surface area contributed by atoms with Crippen LogP contribution in [-0.4, -0.2) is 34.6 Å². The van der Waals surface area contributed by atoms with Gasteiger partial charge in [0.05, 0.1) is 25.4 Å². The number of rotatable bonds is 10. The Morgan fingerprint density at radius 3 is 2.05 bits per heavy atom. The van der Waals surface area contributed by atoms with Gasteiger partial charge in [-0.3, -0.25) is 0 Å². The fourth-order valence-corrected chi connectivity index (χ4v) is 10.1. The molecule has 3 aromatic carbocycles. The molecular weight excluding hydrogens is 489 g/mol. The van der Waals surface area contributed by atoms with Crippen molar-refractivity contribution in [3.8, 4) is 5.75 Å². The van der Waals surface area contributed by atoms with Gasteiger partial charge in [0.15, 0.2) is 8.32 Å². The van der Waals surface area contributed by atoms with Crippen LogP contribution in [0.3, 0.4) is 0 Å². The molecule has 0 saturated carbocycles. The molecule has 3 aromatic rings. The average Bonchev–Trinajstić information content (AvgIpc) is 3.37. The Balaban J connectivity index is 1.74. The molecule has 1 aliphatic rings. The maximum Gasteiger partial charge on any atom is 0.192 e. The number of methoxy groups -OCH3 is 1. The Kier molecular flexibility index (Phi) is 8.84. The van der Waals surface area contributed by atoms with Gasteiger partial charge in [0.2, 0.25) is 0 Å². The molecule has 37 heavy (non-hydrogen) atoms. The summed E-state index contributed by atoms with van der Waals surface area (Å²) in [4.78, 5) is 2.60. The van der Waals surface area contributed by atoms with Crippen LogP contribution in [0.2, 0.25) is 18.1 Å². The van der Waals surface area contributed by atoms with Gasteiger partial charge in [0.25, 0.3) is 0 Å². The lowest BCUT2D eigenvalue weighted by Crippen LogP contribution is -2.48. The normalized spacial score (nSPS) is 16.6. The van der Waals surface area contributed by atoms with E-state index in [4.69, 9.17) is 9.16 Å². The number of hydrogen-bond acceptors (Lipinski definition) is 3. The molecule has 0 aliphatic carbocycles. The van der Waals surface area contributed by atoms with E-state index in [0.29, 0.717) is 12.0 Å². The Morgan fingerprint density at radius 2 is 1.51 bits per heavy atom. The lowest BCUT2D eigenvalue weighted by Gasteiger charge is -2.43. The summed E-state index contributed by atoms with van der Waals surface area (Å²) in [6.07, 6.45) is 2.33. The van der Waals surface area contributed by atoms with Crippen molar-refractivity contribution in [3.05, 3.63) is 78.9 Å². The van der Waals surface area contributed by atoms with Gasteiger partial charge in [0.1, 0.15) is 5.75 Å². The molecule has 0 bridgehead atoms. The summed E-state index contributed by atoms with van der Waals surface area (Å²) in [5, 5.41) is 4.29. The molecule has 1 fully saturated rings. The van der Waals surface area contributed by atoms with Crippen LogP contribution in [-0.2, 0) is 4.43 Å². The van der Waals surface area contributed by atoms with Crippen molar-refractivity contribution >= 4 is 37.8 Å². The number of anilines is 1. The molecule has 4 rings (SSSR count). The first-order valence-corrected chi connectivity index (χ1v) is 17.9. The zero-order chi connectivity index (χ0) is 26.6. The van der Waals surface area contributed by atoms with Gasteiger partial charge in [-0.1, -0.05) is 100 Å². The smallest absolute Gasteiger partial charge is 0.192 e. The number of hydrogen-bond donors (Lipinski definition) is 0. The third kappa shape index (κ3) is 5.82. The second-order valence-electron chi connectivity index (χ2n) is 11.5. The van der Waals surface area contributed by atoms with Gasteiger partial charge in [-0.05, 0) is 61.5 Å². The van der Waals surface area contributed by atoms with Crippen LogP contribution >= 0.6 is 7.92 Å². The fourth-order valence-electron chi connectivity index (χ4n) is 5.22. The van der Waals surface area contributed by atoms with E-state index in [9.17, 15) is 0 Å². The number of benzene rings is 3. The molecule has 0 aromatic heterocycles. The monoisotopic (exact) mass is 533 g/mol. The van der Waals surface area contributed by atoms with Gasteiger partial charge in [-0.25, -0.2) is 0 Å². The highest BCUT2D eigenvalue weighted by molar-refractivity contribution is 7.80. The first-order valence-electron chi connectivity index (χ1n) is 13.6. The molecule has 0 unspecified atom stereocenters. The molecular formula is C32H44NO2PSi. The summed E-state index contributed by atoms with van der Waals surface area (Å²) in [5.41, 5.74) is 1.25. The summed E-state index contributed by atoms with van der Waals surface area (Å²) in [6, 6.07) is 28.9. The van der Waals surface area contributed by atoms with E-state index in [-0.39, 0.29) is 5.04 Å². The summed E-state index contributed by atoms with van der Waals surface area (Å²) >= 11 is 0. The van der Waals surface area contributed by atoms with E-state index < -0.39 is 16.2 Å². The quantitative estimate of drug-likeness (QED) is 0.205. The Morgan fingerprint density at radius 1 is 0.919 bits per heavy atom. The zero-order valence-corrected chi connectivity index (χ0v) is 25.6. The molecule has 5 heteroatoms. The minimum absolute atomic E-state index is 0.209. The van der Waals surface area contributed by atoms with Crippen LogP contribution in [0.15, 0.2) is 78.9 Å². The van der Waals surface area contributed by atoms with Gasteiger partial charge >= 0.3 is 0 Å². The summed E-state index contributed by atoms with van der Waals surface area (Å²) in [5.74, 6) is 1.55. The van der Waals surface area contributed by atoms with Crippen molar-refractivity contribution in [3.63, 3.8) is 0 Å². The summed E-state index contributed by atoms with van der Waals surface area (Å²) in [6.45, 7) is 16.0. The predicted octanol–water partition coefficient (Wildman–Crippen LogP) is 7.08. The minimum Gasteiger partial charge on any atom is -0.495 e. The van der Waals surface area contributed by atoms with Gasteiger partial charge in [-0.15, -0.1) is 0 Å². The highest BCUT2D eigenvalue weighted by Crippen LogP contribution is 2.46. The SMILES string of the molecule is COc1cccc(P(c2ccccc2)c2ccccc2)c1N1CCC[C@H]1CO[Si](C)(C)C(C)(C)C(C)C. The van der Waals surface area contributed by atoms with Crippen molar-refractivity contribution in [1.82, 2.24) is 0 Å². The van der Waals surface area contributed by atoms with Gasteiger partial charge < -0.3 is 14.1 Å². The fraction of sp³-hybridized carbons (Fsp3) is 0.438. The molecule has 1 saturated heterocycles. The Hall–Kier alpha value is -2.13. The first kappa shape index (κ1) is 27.9. The minimum atomic E-state index is -1.91. The van der Waals surface area contributed by atoms with E-state index in [1.807, 2.05) is 0 Å². The van der Waals surface area contributed by atoms with Crippen LogP contribution in [0.25, 0.3) is 0 Å². The van der Waals surface area contributed by atoms with Crippen LogP contribution < -0.4 is 25.6 Å². The zero-order valence-electron chi connectivity index (χ0n) is 23.7. The molecule has 0 radical (unpaired) electrons. The standard InChI is InChI=1S/C32H44NO2PSi/c1-25(2)32(3,4)37(6,7)35-24-26-16-15-23-33(26)31-29(34-5)21-14-22-30(31)36(27-17-10-8-11-18-27)28-19-12-9-13-20-28/h8-14,17-22,25-26H,15-16,23-24H2,1-7H3/t26-/m0/s1. The Labute approximate surface area is 227 Å². The Bertz CT molecular complexity index is 1110. The largest absolute Gasteiger partial charge is 0.495 e. The van der Waals surface area contributed by atoms with Gasteiger partial charge in [0, 0.05) is 11.8 Å². The van der Waals surface area contributed by atoms with Crippen LogP contribution in [0.5, 0.6) is 5.75 Å². The molecule has 0 N–H and O–H groups in total. The van der Waals surface area contributed by atoms with E-state index in [1.165, 1.54) is 28.0 Å². The second kappa shape index (κ2) is 11.7. The van der Waals surface area contributed by atoms with Crippen molar-refractivity contribution in [2.75, 3.05) is 25.2 Å². The number of para-hydroxylation sites is 1. The molecule has 198 valence electrons. The van der Waals surface area contributed by atoms with E-state index in [0.717, 1.165) is 25.3 Å². The molecule has 0 spiro atoms. The molecule has 0 amide bonds. The molecule has 1 heterocycles. The van der Waals surface area contributed by atoms with Crippen molar-refractivity contribution in [2.45, 2.75) is 64.7 Å². The lowest BCUT2D eigenvalue weighted by molar-refractivity contribution is 0.246. The van der Waals surface area contributed by atoms with Gasteiger partial charge in [-0.2, -0.15) is 0 Å². The van der Waals surface area contributed by atoms with Crippen LogP contribution in [0.4, 0.5) is 5.69 Å². The maximum absolute atomic E-state index is 6.90. The number of ether oxygens (including phenoxy) is 1. The van der Waals surface area contributed by atoms with Crippen LogP contribution in [0, 0.1) is 5.92 Å². The van der Waals surface area contributed by atoms with Crippen molar-refractivity contribution in [1.29, 1.82) is 0 Å². The molecule has 3 nitrogen and oxygen atoms in total. The molecule has 1 aliphatic heterocycles. The highest BCUT2D eigenvalue weighted by atomic mass is 31.1. The second-order valence-corrected chi connectivity index (χ2v) is 18.3. The molecule has 1 atom stereocenters. The third-order valence-corrected chi connectivity index (χ3v) is 15.8. The van der Waals surface area contributed by atoms with Crippen molar-refractivity contribution < 1.29 is 9.16 Å². The lowest BCUT2D eigenvalue weighted by atomic mass is 9.99. The summed E-state index contributed by atoms with van der Waals surface area (Å²) in [7, 11) is -0.841. The van der Waals surface area contributed by atoms with E-state index in [1.54, 1.807) is 7.11 Å². The maximum atomic E-state index is 6.90. The third-order valence-electron chi connectivity index (χ3n) is 8.76.